The normalized spacial score (nSPS) is 18.0. The molecule has 1 fully saturated rings. The summed E-state index contributed by atoms with van der Waals surface area (Å²) in [6.07, 6.45) is -0.420. The van der Waals surface area contributed by atoms with Crippen LogP contribution < -0.4 is 10.1 Å². The van der Waals surface area contributed by atoms with Crippen molar-refractivity contribution in [3.8, 4) is 5.75 Å². The molecule has 2 aromatic carbocycles. The molecule has 2 N–H and O–H groups in total. The summed E-state index contributed by atoms with van der Waals surface area (Å²) in [5.41, 5.74) is 1.92. The Morgan fingerprint density at radius 3 is 2.72 bits per heavy atom. The van der Waals surface area contributed by atoms with E-state index < -0.39 is 17.5 Å². The van der Waals surface area contributed by atoms with Gasteiger partial charge in [0, 0.05) is 29.6 Å². The first-order valence-electron chi connectivity index (χ1n) is 10.3. The molecular formula is C24H23N3O5. The molecule has 2 amide bonds. The van der Waals surface area contributed by atoms with E-state index in [9.17, 15) is 19.5 Å². The number of carbonyl (C=O) groups excluding carboxylic acids is 2. The minimum Gasteiger partial charge on any atom is -0.489 e. The summed E-state index contributed by atoms with van der Waals surface area (Å²) in [6.45, 7) is 2.51. The van der Waals surface area contributed by atoms with E-state index >= 15 is 0 Å². The number of likely N-dealkylation sites (tertiary alicyclic amines) is 1. The smallest absolute Gasteiger partial charge is 0.405 e. The van der Waals surface area contributed by atoms with Gasteiger partial charge in [0.15, 0.2) is 0 Å². The largest absolute Gasteiger partial charge is 0.489 e. The average molecular weight is 433 g/mol. The zero-order chi connectivity index (χ0) is 22.7. The fourth-order valence-electron chi connectivity index (χ4n) is 4.19. The maximum atomic E-state index is 12.9. The molecule has 2 heterocycles. The molecule has 0 aliphatic carbocycles. The lowest BCUT2D eigenvalue weighted by atomic mass is 9.88. The first kappa shape index (κ1) is 21.3. The van der Waals surface area contributed by atoms with Gasteiger partial charge in [0.2, 0.25) is 0 Å². The molecule has 0 bridgehead atoms. The van der Waals surface area contributed by atoms with Crippen molar-refractivity contribution >= 4 is 29.2 Å². The number of carboxylic acid groups (broad SMARTS) is 1. The van der Waals surface area contributed by atoms with Crippen LogP contribution in [0, 0.1) is 6.92 Å². The third-order valence-electron chi connectivity index (χ3n) is 5.70. The van der Waals surface area contributed by atoms with Crippen LogP contribution >= 0.6 is 0 Å². The number of ether oxygens (including phenoxy) is 1. The second kappa shape index (κ2) is 8.66. The van der Waals surface area contributed by atoms with Crippen molar-refractivity contribution in [1.82, 2.24) is 15.2 Å². The lowest BCUT2D eigenvalue weighted by molar-refractivity contribution is -0.134. The van der Waals surface area contributed by atoms with E-state index in [-0.39, 0.29) is 13.0 Å². The van der Waals surface area contributed by atoms with Crippen molar-refractivity contribution in [2.45, 2.75) is 25.5 Å². The number of benzene rings is 2. The Labute approximate surface area is 184 Å². The zero-order valence-electron chi connectivity index (χ0n) is 17.6. The molecule has 1 atom stereocenters. The number of para-hydroxylation sites is 1. The van der Waals surface area contributed by atoms with Gasteiger partial charge in [-0.1, -0.05) is 30.3 Å². The molecule has 164 valence electrons. The monoisotopic (exact) mass is 433 g/mol. The van der Waals surface area contributed by atoms with Crippen LogP contribution in [0.5, 0.6) is 5.75 Å². The average Bonchev–Trinajstić information content (AvgIpc) is 3.08. The van der Waals surface area contributed by atoms with Crippen LogP contribution in [0.25, 0.3) is 10.9 Å². The molecule has 8 heteroatoms. The maximum absolute atomic E-state index is 12.9. The summed E-state index contributed by atoms with van der Waals surface area (Å²) in [6, 6.07) is 16.6. The number of carbonyl (C=O) groups is 3. The van der Waals surface area contributed by atoms with Crippen molar-refractivity contribution < 1.29 is 24.2 Å². The Hall–Kier alpha value is -3.94. The highest BCUT2D eigenvalue weighted by atomic mass is 16.5. The molecule has 0 saturated carbocycles. The number of hydrogen-bond donors (Lipinski definition) is 2. The molecule has 1 aromatic heterocycles. The molecule has 0 spiro atoms. The van der Waals surface area contributed by atoms with Crippen LogP contribution in [0.1, 0.15) is 23.2 Å². The first-order valence-corrected chi connectivity index (χ1v) is 10.3. The summed E-state index contributed by atoms with van der Waals surface area (Å²) in [5.74, 6) is 0.160. The highest BCUT2D eigenvalue weighted by Gasteiger charge is 2.49. The van der Waals surface area contributed by atoms with E-state index in [4.69, 9.17) is 4.74 Å². The summed E-state index contributed by atoms with van der Waals surface area (Å²) in [7, 11) is 0. The van der Waals surface area contributed by atoms with Gasteiger partial charge in [-0.15, -0.1) is 0 Å². The van der Waals surface area contributed by atoms with Crippen LogP contribution in [0.3, 0.4) is 0 Å². The lowest BCUT2D eigenvalue weighted by Crippen LogP contribution is -2.51. The molecule has 8 nitrogen and oxygen atoms in total. The quantitative estimate of drug-likeness (QED) is 0.555. The predicted molar refractivity (Wildman–Crippen MR) is 117 cm³/mol. The first-order chi connectivity index (χ1) is 15.4. The number of rotatable bonds is 7. The van der Waals surface area contributed by atoms with Crippen molar-refractivity contribution in [2.75, 3.05) is 13.1 Å². The number of nitrogens with zero attached hydrogens (tertiary/aromatic N) is 2. The molecule has 1 aliphatic heterocycles. The number of hydrogen-bond acceptors (Lipinski definition) is 5. The number of pyridine rings is 1. The SMILES string of the molecule is Cc1cc(COc2ccc(C3(NC(=O)O)CCN(CC=O)C3=O)cc2)c2ccccc2n1. The molecule has 1 unspecified atom stereocenters. The third kappa shape index (κ3) is 3.99. The minimum absolute atomic E-state index is 0.0671. The van der Waals surface area contributed by atoms with Gasteiger partial charge < -0.3 is 24.9 Å². The van der Waals surface area contributed by atoms with Gasteiger partial charge >= 0.3 is 6.09 Å². The number of aryl methyl sites for hydroxylation is 1. The number of nitrogens with one attached hydrogen (secondary N) is 1. The molecule has 0 radical (unpaired) electrons. The molecule has 4 rings (SSSR count). The summed E-state index contributed by atoms with van der Waals surface area (Å²) in [5, 5.41) is 12.7. The lowest BCUT2D eigenvalue weighted by Gasteiger charge is -2.28. The second-order valence-electron chi connectivity index (χ2n) is 7.76. The summed E-state index contributed by atoms with van der Waals surface area (Å²) < 4.78 is 5.97. The van der Waals surface area contributed by atoms with Crippen LogP contribution in [0.15, 0.2) is 54.6 Å². The van der Waals surface area contributed by atoms with Crippen molar-refractivity contribution in [1.29, 1.82) is 0 Å². The Kier molecular flexibility index (Phi) is 5.77. The molecular weight excluding hydrogens is 410 g/mol. The van der Waals surface area contributed by atoms with E-state index in [1.54, 1.807) is 24.3 Å². The second-order valence-corrected chi connectivity index (χ2v) is 7.76. The highest BCUT2D eigenvalue weighted by Crippen LogP contribution is 2.34. The van der Waals surface area contributed by atoms with Crippen LogP contribution in [0.2, 0.25) is 0 Å². The van der Waals surface area contributed by atoms with Gasteiger partial charge in [0.25, 0.3) is 5.91 Å². The number of aldehydes is 1. The molecule has 3 aromatic rings. The molecule has 32 heavy (non-hydrogen) atoms. The topological polar surface area (TPSA) is 109 Å². The van der Waals surface area contributed by atoms with Gasteiger partial charge in [-0.2, -0.15) is 0 Å². The van der Waals surface area contributed by atoms with E-state index in [1.807, 2.05) is 37.3 Å². The Bertz CT molecular complexity index is 1180. The Balaban J connectivity index is 1.56. The van der Waals surface area contributed by atoms with E-state index in [2.05, 4.69) is 10.3 Å². The number of fused-ring (bicyclic) bond motifs is 1. The Morgan fingerprint density at radius 2 is 2.00 bits per heavy atom. The number of amides is 2. The highest BCUT2D eigenvalue weighted by molar-refractivity contribution is 5.93. The fraction of sp³-hybridized carbons (Fsp3) is 0.250. The molecule has 1 saturated heterocycles. The maximum Gasteiger partial charge on any atom is 0.405 e. The van der Waals surface area contributed by atoms with E-state index in [1.165, 1.54) is 4.90 Å². The van der Waals surface area contributed by atoms with Crippen LogP contribution in [0.4, 0.5) is 4.79 Å². The fourth-order valence-corrected chi connectivity index (χ4v) is 4.19. The predicted octanol–water partition coefficient (Wildman–Crippen LogP) is 3.02. The number of aromatic nitrogens is 1. The van der Waals surface area contributed by atoms with Crippen molar-refractivity contribution in [3.63, 3.8) is 0 Å². The molecule has 1 aliphatic rings. The van der Waals surface area contributed by atoms with E-state index in [0.717, 1.165) is 22.2 Å². The van der Waals surface area contributed by atoms with Gasteiger partial charge in [-0.05, 0) is 36.8 Å². The summed E-state index contributed by atoms with van der Waals surface area (Å²) >= 11 is 0. The van der Waals surface area contributed by atoms with Gasteiger partial charge in [-0.25, -0.2) is 4.79 Å². The van der Waals surface area contributed by atoms with Gasteiger partial charge in [0.05, 0.1) is 12.1 Å². The van der Waals surface area contributed by atoms with Crippen molar-refractivity contribution in [2.24, 2.45) is 0 Å². The van der Waals surface area contributed by atoms with E-state index in [0.29, 0.717) is 30.8 Å². The van der Waals surface area contributed by atoms with Gasteiger partial charge in [0.1, 0.15) is 24.2 Å². The standard InChI is InChI=1S/C24H23N3O5/c1-16-14-17(20-4-2-3-5-21(20)25-16)15-32-19-8-6-18(7-9-19)24(26-23(30)31)10-11-27(12-13-28)22(24)29/h2-9,13-14,26H,10-12,15H2,1H3,(H,30,31). The summed E-state index contributed by atoms with van der Waals surface area (Å²) in [4.78, 5) is 41.1. The van der Waals surface area contributed by atoms with Crippen LogP contribution in [-0.2, 0) is 21.7 Å². The minimum atomic E-state index is -1.41. The zero-order valence-corrected chi connectivity index (χ0v) is 17.6. The van der Waals surface area contributed by atoms with Crippen molar-refractivity contribution in [3.05, 3.63) is 71.4 Å². The Morgan fingerprint density at radius 1 is 1.25 bits per heavy atom. The third-order valence-corrected chi connectivity index (χ3v) is 5.70. The van der Waals surface area contributed by atoms with Crippen LogP contribution in [-0.4, -0.2) is 46.4 Å². The van der Waals surface area contributed by atoms with Gasteiger partial charge in [-0.3, -0.25) is 9.78 Å².